The van der Waals surface area contributed by atoms with Crippen molar-refractivity contribution in [1.82, 2.24) is 14.9 Å². The van der Waals surface area contributed by atoms with Gasteiger partial charge in [0.05, 0.1) is 24.7 Å². The Hall–Kier alpha value is -0.870. The second-order valence-corrected chi connectivity index (χ2v) is 4.90. The number of hydrogen-bond acceptors (Lipinski definition) is 3. The molecule has 1 aliphatic carbocycles. The van der Waals surface area contributed by atoms with Gasteiger partial charge in [-0.25, -0.2) is 4.98 Å². The van der Waals surface area contributed by atoms with E-state index >= 15 is 0 Å². The minimum atomic E-state index is 0.0344. The van der Waals surface area contributed by atoms with Crippen LogP contribution in [-0.4, -0.2) is 27.3 Å². The zero-order chi connectivity index (χ0) is 12.1. The first-order valence-corrected chi connectivity index (χ1v) is 6.72. The van der Waals surface area contributed by atoms with Crippen molar-refractivity contribution < 1.29 is 5.11 Å². The van der Waals surface area contributed by atoms with E-state index in [1.54, 1.807) is 0 Å². The fraction of sp³-hybridized carbons (Fsp3) is 0.769. The van der Waals surface area contributed by atoms with Gasteiger partial charge in [0.1, 0.15) is 0 Å². The molecule has 4 nitrogen and oxygen atoms in total. The molecule has 17 heavy (non-hydrogen) atoms. The van der Waals surface area contributed by atoms with Crippen molar-refractivity contribution in [3.63, 3.8) is 0 Å². The van der Waals surface area contributed by atoms with Gasteiger partial charge in [-0.15, -0.1) is 0 Å². The van der Waals surface area contributed by atoms with Crippen molar-refractivity contribution >= 4 is 0 Å². The maximum Gasteiger partial charge on any atom is 0.0948 e. The van der Waals surface area contributed by atoms with E-state index in [-0.39, 0.29) is 12.6 Å². The summed E-state index contributed by atoms with van der Waals surface area (Å²) in [5.41, 5.74) is 1.11. The number of aryl methyl sites for hydroxylation is 1. The summed E-state index contributed by atoms with van der Waals surface area (Å²) in [5.74, 6) is 0. The molecule has 1 fully saturated rings. The Morgan fingerprint density at radius 1 is 1.53 bits per heavy atom. The molecule has 0 amide bonds. The average Bonchev–Trinajstić information content (AvgIpc) is 2.97. The van der Waals surface area contributed by atoms with E-state index < -0.39 is 0 Å². The number of hydrogen-bond donors (Lipinski definition) is 2. The van der Waals surface area contributed by atoms with Gasteiger partial charge >= 0.3 is 0 Å². The van der Waals surface area contributed by atoms with Crippen LogP contribution < -0.4 is 5.32 Å². The van der Waals surface area contributed by atoms with Gasteiger partial charge in [-0.05, 0) is 19.3 Å². The minimum Gasteiger partial charge on any atom is -0.394 e. The normalized spacial score (nSPS) is 18.7. The predicted molar refractivity (Wildman–Crippen MR) is 67.7 cm³/mol. The molecule has 0 aromatic carbocycles. The monoisotopic (exact) mass is 237 g/mol. The van der Waals surface area contributed by atoms with Crippen LogP contribution in [-0.2, 0) is 6.54 Å². The van der Waals surface area contributed by atoms with Crippen molar-refractivity contribution in [3.05, 3.63) is 18.2 Å². The van der Waals surface area contributed by atoms with Crippen LogP contribution in [0.4, 0.5) is 0 Å². The minimum absolute atomic E-state index is 0.0344. The SMILES string of the molecule is CCCn1cncc1C(CO)NC1CCCC1. The lowest BCUT2D eigenvalue weighted by molar-refractivity contribution is 0.227. The molecule has 0 spiro atoms. The van der Waals surface area contributed by atoms with Gasteiger partial charge in [0.2, 0.25) is 0 Å². The van der Waals surface area contributed by atoms with Crippen LogP contribution in [0.5, 0.6) is 0 Å². The van der Waals surface area contributed by atoms with Gasteiger partial charge < -0.3 is 15.0 Å². The topological polar surface area (TPSA) is 50.1 Å². The summed E-state index contributed by atoms with van der Waals surface area (Å²) in [7, 11) is 0. The maximum absolute atomic E-state index is 9.55. The highest BCUT2D eigenvalue weighted by Crippen LogP contribution is 2.22. The summed E-state index contributed by atoms with van der Waals surface area (Å²) in [5, 5.41) is 13.1. The molecule has 4 heteroatoms. The zero-order valence-electron chi connectivity index (χ0n) is 10.6. The third-order valence-corrected chi connectivity index (χ3v) is 3.54. The van der Waals surface area contributed by atoms with Gasteiger partial charge in [-0.2, -0.15) is 0 Å². The van der Waals surface area contributed by atoms with Gasteiger partial charge in [-0.1, -0.05) is 19.8 Å². The molecular formula is C13H23N3O. The lowest BCUT2D eigenvalue weighted by Crippen LogP contribution is -2.34. The summed E-state index contributed by atoms with van der Waals surface area (Å²) in [6, 6.07) is 0.601. The zero-order valence-corrected chi connectivity index (χ0v) is 10.6. The van der Waals surface area contributed by atoms with Crippen molar-refractivity contribution in [2.75, 3.05) is 6.61 Å². The Kier molecular flexibility index (Phi) is 4.57. The molecule has 0 aliphatic heterocycles. The van der Waals surface area contributed by atoms with E-state index in [1.165, 1.54) is 25.7 Å². The fourth-order valence-electron chi connectivity index (χ4n) is 2.66. The molecule has 1 saturated carbocycles. The largest absolute Gasteiger partial charge is 0.394 e. The number of aromatic nitrogens is 2. The van der Waals surface area contributed by atoms with Gasteiger partial charge in [0, 0.05) is 18.8 Å². The van der Waals surface area contributed by atoms with Gasteiger partial charge in [0.15, 0.2) is 0 Å². The molecule has 1 atom stereocenters. The quantitative estimate of drug-likeness (QED) is 0.794. The molecule has 1 heterocycles. The first kappa shape index (κ1) is 12.6. The number of nitrogens with zero attached hydrogens (tertiary/aromatic N) is 2. The number of rotatable bonds is 6. The molecule has 1 aromatic rings. The van der Waals surface area contributed by atoms with Crippen LogP contribution in [0.3, 0.4) is 0 Å². The molecular weight excluding hydrogens is 214 g/mol. The number of imidazole rings is 1. The molecule has 2 N–H and O–H groups in total. The Morgan fingerprint density at radius 3 is 2.94 bits per heavy atom. The summed E-state index contributed by atoms with van der Waals surface area (Å²) in [6.07, 6.45) is 9.91. The van der Waals surface area contributed by atoms with E-state index in [1.807, 2.05) is 12.5 Å². The highest BCUT2D eigenvalue weighted by molar-refractivity contribution is 5.06. The molecule has 1 unspecified atom stereocenters. The highest BCUT2D eigenvalue weighted by Gasteiger charge is 2.21. The van der Waals surface area contributed by atoms with Crippen LogP contribution in [0.25, 0.3) is 0 Å². The standard InChI is InChI=1S/C13H23N3O/c1-2-7-16-10-14-8-13(16)12(9-17)15-11-5-3-4-6-11/h8,10-12,15,17H,2-7,9H2,1H3. The summed E-state index contributed by atoms with van der Waals surface area (Å²) in [6.45, 7) is 3.27. The van der Waals surface area contributed by atoms with Crippen molar-refractivity contribution in [3.8, 4) is 0 Å². The molecule has 96 valence electrons. The number of aliphatic hydroxyl groups excluding tert-OH is 1. The first-order chi connectivity index (χ1) is 8.35. The first-order valence-electron chi connectivity index (χ1n) is 6.72. The smallest absolute Gasteiger partial charge is 0.0948 e. The molecule has 0 radical (unpaired) electrons. The lowest BCUT2D eigenvalue weighted by Gasteiger charge is -2.22. The van der Waals surface area contributed by atoms with E-state index in [0.717, 1.165) is 18.7 Å². The number of aliphatic hydroxyl groups is 1. The molecule has 1 aliphatic rings. The van der Waals surface area contributed by atoms with Gasteiger partial charge in [-0.3, -0.25) is 0 Å². The van der Waals surface area contributed by atoms with E-state index in [2.05, 4.69) is 21.8 Å². The van der Waals surface area contributed by atoms with E-state index in [4.69, 9.17) is 0 Å². The predicted octanol–water partition coefficient (Wildman–Crippen LogP) is 1.86. The van der Waals surface area contributed by atoms with Crippen LogP contribution in [0, 0.1) is 0 Å². The molecule has 0 saturated heterocycles. The van der Waals surface area contributed by atoms with Crippen molar-refractivity contribution in [1.29, 1.82) is 0 Å². The Bertz CT molecular complexity index is 331. The van der Waals surface area contributed by atoms with E-state index in [9.17, 15) is 5.11 Å². The fourth-order valence-corrected chi connectivity index (χ4v) is 2.66. The van der Waals surface area contributed by atoms with Crippen LogP contribution in [0.2, 0.25) is 0 Å². The summed E-state index contributed by atoms with van der Waals surface area (Å²) in [4.78, 5) is 4.20. The van der Waals surface area contributed by atoms with Crippen molar-refractivity contribution in [2.24, 2.45) is 0 Å². The van der Waals surface area contributed by atoms with Crippen molar-refractivity contribution in [2.45, 2.75) is 57.7 Å². The molecule has 1 aromatic heterocycles. The number of nitrogens with one attached hydrogen (secondary N) is 1. The third-order valence-electron chi connectivity index (χ3n) is 3.54. The molecule has 0 bridgehead atoms. The second-order valence-electron chi connectivity index (χ2n) is 4.90. The lowest BCUT2D eigenvalue weighted by atomic mass is 10.1. The molecule has 2 rings (SSSR count). The van der Waals surface area contributed by atoms with Crippen LogP contribution in [0.1, 0.15) is 50.8 Å². The Labute approximate surface area is 103 Å². The highest BCUT2D eigenvalue weighted by atomic mass is 16.3. The van der Waals surface area contributed by atoms with E-state index in [0.29, 0.717) is 6.04 Å². The summed E-state index contributed by atoms with van der Waals surface area (Å²) >= 11 is 0. The third kappa shape index (κ3) is 3.07. The Morgan fingerprint density at radius 2 is 2.29 bits per heavy atom. The maximum atomic E-state index is 9.55. The average molecular weight is 237 g/mol. The van der Waals surface area contributed by atoms with Crippen LogP contribution in [0.15, 0.2) is 12.5 Å². The van der Waals surface area contributed by atoms with Crippen LogP contribution >= 0.6 is 0 Å². The summed E-state index contributed by atoms with van der Waals surface area (Å²) < 4.78 is 2.14. The van der Waals surface area contributed by atoms with Gasteiger partial charge in [0.25, 0.3) is 0 Å². The Balaban J connectivity index is 2.02. The second kappa shape index (κ2) is 6.17.